The lowest BCUT2D eigenvalue weighted by molar-refractivity contribution is 0.0872. The first kappa shape index (κ1) is 12.6. The molecule has 3 heteroatoms. The molecule has 1 aliphatic rings. The number of benzene rings is 1. The first-order valence-corrected chi connectivity index (χ1v) is 6.04. The second-order valence-corrected chi connectivity index (χ2v) is 4.17. The maximum atomic E-state index is 11.7. The van der Waals surface area contributed by atoms with Crippen LogP contribution in [0.25, 0.3) is 5.57 Å². The Morgan fingerprint density at radius 3 is 2.72 bits per heavy atom. The molecular formula is C15H17NO2. The third-order valence-corrected chi connectivity index (χ3v) is 2.91. The van der Waals surface area contributed by atoms with Gasteiger partial charge in [-0.25, -0.2) is 0 Å². The van der Waals surface area contributed by atoms with E-state index in [2.05, 4.69) is 23.5 Å². The lowest BCUT2D eigenvalue weighted by atomic mass is 9.96. The summed E-state index contributed by atoms with van der Waals surface area (Å²) in [5.41, 5.74) is 3.16. The second kappa shape index (κ2) is 6.17. The average Bonchev–Trinajstić information content (AvgIpc) is 2.46. The smallest absolute Gasteiger partial charge is 0.253 e. The van der Waals surface area contributed by atoms with Crippen molar-refractivity contribution in [2.75, 3.05) is 13.8 Å². The molecule has 94 valence electrons. The Kier molecular flexibility index (Phi) is 4.31. The van der Waals surface area contributed by atoms with Crippen LogP contribution in [-0.2, 0) is 4.74 Å². The van der Waals surface area contributed by atoms with E-state index in [-0.39, 0.29) is 12.6 Å². The van der Waals surface area contributed by atoms with Gasteiger partial charge in [-0.15, -0.1) is 0 Å². The average molecular weight is 243 g/mol. The normalized spacial score (nSPS) is 14.2. The van der Waals surface area contributed by atoms with Gasteiger partial charge in [0.05, 0.1) is 0 Å². The van der Waals surface area contributed by atoms with Gasteiger partial charge in [0.25, 0.3) is 5.91 Å². The van der Waals surface area contributed by atoms with Crippen LogP contribution in [0.3, 0.4) is 0 Å². The number of allylic oxidation sites excluding steroid dienone is 4. The SMILES string of the molecule is COCNC(=O)c1ccc(C2=CC=CCC2)cc1. The highest BCUT2D eigenvalue weighted by Crippen LogP contribution is 2.23. The van der Waals surface area contributed by atoms with Gasteiger partial charge in [0.2, 0.25) is 0 Å². The predicted octanol–water partition coefficient (Wildman–Crippen LogP) is 2.75. The number of ether oxygens (including phenoxy) is 1. The Hall–Kier alpha value is -1.87. The molecule has 1 aliphatic carbocycles. The lowest BCUT2D eigenvalue weighted by Gasteiger charge is -2.10. The Labute approximate surface area is 107 Å². The second-order valence-electron chi connectivity index (χ2n) is 4.17. The molecule has 18 heavy (non-hydrogen) atoms. The molecule has 0 spiro atoms. The summed E-state index contributed by atoms with van der Waals surface area (Å²) in [4.78, 5) is 11.7. The monoisotopic (exact) mass is 243 g/mol. The van der Waals surface area contributed by atoms with Crippen LogP contribution in [-0.4, -0.2) is 19.7 Å². The van der Waals surface area contributed by atoms with Gasteiger partial charge < -0.3 is 10.1 Å². The molecule has 1 aromatic rings. The number of nitrogens with one attached hydrogen (secondary N) is 1. The molecule has 1 N–H and O–H groups in total. The fraction of sp³-hybridized carbons (Fsp3) is 0.267. The number of carbonyl (C=O) groups is 1. The fourth-order valence-electron chi connectivity index (χ4n) is 1.92. The fourth-order valence-corrected chi connectivity index (χ4v) is 1.92. The summed E-state index contributed by atoms with van der Waals surface area (Å²) in [6.45, 7) is 0.233. The molecule has 0 aromatic heterocycles. The van der Waals surface area contributed by atoms with Crippen LogP contribution in [0.5, 0.6) is 0 Å². The van der Waals surface area contributed by atoms with Gasteiger partial charge in [0.15, 0.2) is 0 Å². The summed E-state index contributed by atoms with van der Waals surface area (Å²) >= 11 is 0. The number of carbonyl (C=O) groups excluding carboxylic acids is 1. The maximum absolute atomic E-state index is 11.7. The van der Waals surface area contributed by atoms with Crippen LogP contribution < -0.4 is 5.32 Å². The number of rotatable bonds is 4. The zero-order valence-corrected chi connectivity index (χ0v) is 10.5. The molecule has 0 atom stereocenters. The molecule has 0 radical (unpaired) electrons. The minimum absolute atomic E-state index is 0.110. The number of methoxy groups -OCH3 is 1. The summed E-state index contributed by atoms with van der Waals surface area (Å²) in [7, 11) is 1.55. The maximum Gasteiger partial charge on any atom is 0.253 e. The minimum atomic E-state index is -0.110. The Balaban J connectivity index is 2.07. The van der Waals surface area contributed by atoms with E-state index in [4.69, 9.17) is 4.74 Å². The summed E-state index contributed by atoms with van der Waals surface area (Å²) in [6.07, 6.45) is 8.52. The topological polar surface area (TPSA) is 38.3 Å². The van der Waals surface area contributed by atoms with Crippen molar-refractivity contribution in [3.63, 3.8) is 0 Å². The number of hydrogen-bond donors (Lipinski definition) is 1. The van der Waals surface area contributed by atoms with Crippen LogP contribution in [0.4, 0.5) is 0 Å². The zero-order chi connectivity index (χ0) is 12.8. The summed E-state index contributed by atoms with van der Waals surface area (Å²) in [5.74, 6) is -0.110. The predicted molar refractivity (Wildman–Crippen MR) is 72.1 cm³/mol. The highest BCUT2D eigenvalue weighted by Gasteiger charge is 2.06. The zero-order valence-electron chi connectivity index (χ0n) is 10.5. The van der Waals surface area contributed by atoms with Gasteiger partial charge in [-0.3, -0.25) is 4.79 Å². The van der Waals surface area contributed by atoms with E-state index >= 15 is 0 Å². The highest BCUT2D eigenvalue weighted by molar-refractivity contribution is 5.94. The third kappa shape index (κ3) is 3.08. The largest absolute Gasteiger partial charge is 0.364 e. The van der Waals surface area contributed by atoms with E-state index in [0.717, 1.165) is 12.8 Å². The van der Waals surface area contributed by atoms with Crippen LogP contribution in [0.2, 0.25) is 0 Å². The van der Waals surface area contributed by atoms with Gasteiger partial charge in [-0.2, -0.15) is 0 Å². The van der Waals surface area contributed by atoms with E-state index in [1.54, 1.807) is 7.11 Å². The molecule has 0 saturated heterocycles. The molecule has 2 rings (SSSR count). The number of amides is 1. The molecule has 0 heterocycles. The van der Waals surface area contributed by atoms with Crippen molar-refractivity contribution in [3.8, 4) is 0 Å². The Bertz CT molecular complexity index is 472. The standard InChI is InChI=1S/C15H17NO2/c1-18-11-16-15(17)14-9-7-13(8-10-14)12-5-3-2-4-6-12/h2-3,5,7-10H,4,6,11H2,1H3,(H,16,17). The van der Waals surface area contributed by atoms with Gasteiger partial charge in [-0.1, -0.05) is 30.4 Å². The van der Waals surface area contributed by atoms with Crippen LogP contribution in [0, 0.1) is 0 Å². The van der Waals surface area contributed by atoms with Gasteiger partial charge in [-0.05, 0) is 36.1 Å². The van der Waals surface area contributed by atoms with E-state index in [1.807, 2.05) is 24.3 Å². The molecule has 0 aliphatic heterocycles. The van der Waals surface area contributed by atoms with Crippen molar-refractivity contribution in [1.82, 2.24) is 5.32 Å². The van der Waals surface area contributed by atoms with Crippen molar-refractivity contribution in [2.24, 2.45) is 0 Å². The van der Waals surface area contributed by atoms with Crippen molar-refractivity contribution in [3.05, 3.63) is 53.6 Å². The van der Waals surface area contributed by atoms with E-state index in [0.29, 0.717) is 5.56 Å². The minimum Gasteiger partial charge on any atom is -0.364 e. The van der Waals surface area contributed by atoms with Crippen molar-refractivity contribution < 1.29 is 9.53 Å². The molecule has 0 saturated carbocycles. The highest BCUT2D eigenvalue weighted by atomic mass is 16.5. The van der Waals surface area contributed by atoms with Gasteiger partial charge >= 0.3 is 0 Å². The van der Waals surface area contributed by atoms with Crippen molar-refractivity contribution in [1.29, 1.82) is 0 Å². The number of hydrogen-bond acceptors (Lipinski definition) is 2. The van der Waals surface area contributed by atoms with Gasteiger partial charge in [0, 0.05) is 12.7 Å². The molecular weight excluding hydrogens is 226 g/mol. The van der Waals surface area contributed by atoms with Crippen LogP contribution in [0.15, 0.2) is 42.5 Å². The third-order valence-electron chi connectivity index (χ3n) is 2.91. The molecule has 0 bridgehead atoms. The lowest BCUT2D eigenvalue weighted by Crippen LogP contribution is -2.25. The van der Waals surface area contributed by atoms with E-state index in [9.17, 15) is 4.79 Å². The van der Waals surface area contributed by atoms with Crippen molar-refractivity contribution in [2.45, 2.75) is 12.8 Å². The van der Waals surface area contributed by atoms with Crippen LogP contribution in [0.1, 0.15) is 28.8 Å². The summed E-state index contributed by atoms with van der Waals surface area (Å²) < 4.78 is 4.80. The van der Waals surface area contributed by atoms with E-state index < -0.39 is 0 Å². The van der Waals surface area contributed by atoms with Crippen LogP contribution >= 0.6 is 0 Å². The molecule has 1 aromatic carbocycles. The molecule has 3 nitrogen and oxygen atoms in total. The Morgan fingerprint density at radius 1 is 1.33 bits per heavy atom. The summed E-state index contributed by atoms with van der Waals surface area (Å²) in [5, 5.41) is 2.66. The molecule has 1 amide bonds. The quantitative estimate of drug-likeness (QED) is 0.826. The molecule has 0 unspecified atom stereocenters. The summed E-state index contributed by atoms with van der Waals surface area (Å²) in [6, 6.07) is 7.68. The first-order valence-electron chi connectivity index (χ1n) is 6.04. The van der Waals surface area contributed by atoms with E-state index in [1.165, 1.54) is 11.1 Å². The van der Waals surface area contributed by atoms with Gasteiger partial charge in [0.1, 0.15) is 6.73 Å². The first-order chi connectivity index (χ1) is 8.81. The van der Waals surface area contributed by atoms with Crippen molar-refractivity contribution >= 4 is 11.5 Å². The Morgan fingerprint density at radius 2 is 2.11 bits per heavy atom. The molecule has 0 fully saturated rings.